The molecule has 2 aromatic carbocycles. The minimum absolute atomic E-state index is 0.136. The Balaban J connectivity index is 2.06. The molecular formula is C17H15ClN2O6. The second-order valence-electron chi connectivity index (χ2n) is 5.25. The van der Waals surface area contributed by atoms with Gasteiger partial charge in [0.1, 0.15) is 11.3 Å². The molecule has 0 bridgehead atoms. The third kappa shape index (κ3) is 4.70. The molecule has 8 nitrogen and oxygen atoms in total. The first-order chi connectivity index (χ1) is 12.3. The van der Waals surface area contributed by atoms with Crippen molar-refractivity contribution in [3.63, 3.8) is 0 Å². The average Bonchev–Trinajstić information content (AvgIpc) is 2.59. The number of halogens is 1. The molecule has 0 atom stereocenters. The van der Waals surface area contributed by atoms with Crippen LogP contribution in [0.3, 0.4) is 0 Å². The van der Waals surface area contributed by atoms with Gasteiger partial charge < -0.3 is 14.8 Å². The minimum atomic E-state index is -1.02. The molecule has 136 valence electrons. The number of esters is 1. The maximum atomic E-state index is 12.1. The Hall–Kier alpha value is -3.13. The van der Waals surface area contributed by atoms with E-state index in [1.807, 2.05) is 13.0 Å². The van der Waals surface area contributed by atoms with Gasteiger partial charge in [-0.05, 0) is 36.8 Å². The largest absolute Gasteiger partial charge is 0.495 e. The summed E-state index contributed by atoms with van der Waals surface area (Å²) < 4.78 is 10.00. The summed E-state index contributed by atoms with van der Waals surface area (Å²) in [6, 6.07) is 8.69. The van der Waals surface area contributed by atoms with Crippen molar-refractivity contribution in [2.24, 2.45) is 0 Å². The van der Waals surface area contributed by atoms with Crippen molar-refractivity contribution in [2.45, 2.75) is 6.92 Å². The quantitative estimate of drug-likeness (QED) is 0.469. The number of nitro groups is 1. The van der Waals surface area contributed by atoms with Crippen molar-refractivity contribution < 1.29 is 24.0 Å². The van der Waals surface area contributed by atoms with E-state index in [1.54, 1.807) is 12.1 Å². The lowest BCUT2D eigenvalue weighted by Gasteiger charge is -2.11. The van der Waals surface area contributed by atoms with E-state index in [1.165, 1.54) is 13.2 Å². The summed E-state index contributed by atoms with van der Waals surface area (Å²) in [7, 11) is 1.46. The van der Waals surface area contributed by atoms with Crippen LogP contribution in [0.4, 0.5) is 11.4 Å². The first-order valence-corrected chi connectivity index (χ1v) is 7.75. The van der Waals surface area contributed by atoms with E-state index >= 15 is 0 Å². The van der Waals surface area contributed by atoms with Crippen molar-refractivity contribution in [1.82, 2.24) is 0 Å². The molecule has 0 aliphatic carbocycles. The molecule has 2 aromatic rings. The first kappa shape index (κ1) is 19.2. The fourth-order valence-electron chi connectivity index (χ4n) is 2.15. The number of aryl methyl sites for hydroxylation is 1. The number of carbonyl (C=O) groups excluding carboxylic acids is 2. The molecule has 0 heterocycles. The fraction of sp³-hybridized carbons (Fsp3) is 0.176. The normalized spacial score (nSPS) is 10.1. The summed E-state index contributed by atoms with van der Waals surface area (Å²) in [6.45, 7) is 1.22. The lowest BCUT2D eigenvalue weighted by atomic mass is 10.2. The zero-order valence-electron chi connectivity index (χ0n) is 13.9. The molecule has 9 heteroatoms. The maximum Gasteiger partial charge on any atom is 0.345 e. The van der Waals surface area contributed by atoms with Gasteiger partial charge in [-0.2, -0.15) is 0 Å². The van der Waals surface area contributed by atoms with Crippen LogP contribution in [0.25, 0.3) is 0 Å². The molecule has 2 rings (SSSR count). The molecule has 0 radical (unpaired) electrons. The second kappa shape index (κ2) is 8.30. The number of nitrogens with zero attached hydrogens (tertiary/aromatic N) is 1. The molecule has 1 N–H and O–H groups in total. The molecule has 0 aliphatic heterocycles. The molecule has 0 aliphatic rings. The van der Waals surface area contributed by atoms with E-state index in [2.05, 4.69) is 5.32 Å². The van der Waals surface area contributed by atoms with Crippen LogP contribution in [0.2, 0.25) is 5.02 Å². The molecule has 1 amide bonds. The van der Waals surface area contributed by atoms with Crippen LogP contribution in [-0.4, -0.2) is 30.5 Å². The first-order valence-electron chi connectivity index (χ1n) is 7.37. The average molecular weight is 379 g/mol. The molecule has 26 heavy (non-hydrogen) atoms. The highest BCUT2D eigenvalue weighted by molar-refractivity contribution is 6.31. The Bertz CT molecular complexity index is 868. The predicted octanol–water partition coefficient (Wildman–Crippen LogP) is 3.36. The Morgan fingerprint density at radius 3 is 2.62 bits per heavy atom. The number of ether oxygens (including phenoxy) is 2. The third-order valence-corrected chi connectivity index (χ3v) is 3.57. The number of carbonyl (C=O) groups is 2. The lowest BCUT2D eigenvalue weighted by Crippen LogP contribution is -2.21. The Labute approximate surface area is 153 Å². The van der Waals surface area contributed by atoms with Crippen molar-refractivity contribution in [3.05, 3.63) is 62.7 Å². The van der Waals surface area contributed by atoms with Gasteiger partial charge in [-0.15, -0.1) is 0 Å². The Morgan fingerprint density at radius 1 is 1.23 bits per heavy atom. The molecule has 0 saturated heterocycles. The third-order valence-electron chi connectivity index (χ3n) is 3.34. The van der Waals surface area contributed by atoms with E-state index in [-0.39, 0.29) is 10.6 Å². The summed E-state index contributed by atoms with van der Waals surface area (Å²) in [5.74, 6) is -1.20. The number of hydrogen-bond acceptors (Lipinski definition) is 6. The standard InChI is InChI=1S/C17H15ClN2O6/c1-10-3-6-15(25-2)13(7-10)19-16(21)9-26-17(22)12-8-11(18)4-5-14(12)20(23)24/h3-8H,9H2,1-2H3,(H,19,21). The zero-order valence-corrected chi connectivity index (χ0v) is 14.7. The summed E-state index contributed by atoms with van der Waals surface area (Å²) in [6.07, 6.45) is 0. The number of methoxy groups -OCH3 is 1. The second-order valence-corrected chi connectivity index (χ2v) is 5.68. The predicted molar refractivity (Wildman–Crippen MR) is 94.7 cm³/mol. The van der Waals surface area contributed by atoms with E-state index in [0.29, 0.717) is 11.4 Å². The van der Waals surface area contributed by atoms with Gasteiger partial charge >= 0.3 is 5.97 Å². The lowest BCUT2D eigenvalue weighted by molar-refractivity contribution is -0.385. The van der Waals surface area contributed by atoms with Gasteiger partial charge in [0.25, 0.3) is 11.6 Å². The van der Waals surface area contributed by atoms with E-state index in [4.69, 9.17) is 21.1 Å². The smallest absolute Gasteiger partial charge is 0.345 e. The van der Waals surface area contributed by atoms with Crippen LogP contribution >= 0.6 is 11.6 Å². The number of anilines is 1. The Kier molecular flexibility index (Phi) is 6.13. The number of hydrogen-bond donors (Lipinski definition) is 1. The van der Waals surface area contributed by atoms with Gasteiger partial charge in [0, 0.05) is 11.1 Å². The fourth-order valence-corrected chi connectivity index (χ4v) is 2.32. The van der Waals surface area contributed by atoms with Gasteiger partial charge in [0.15, 0.2) is 6.61 Å². The minimum Gasteiger partial charge on any atom is -0.495 e. The van der Waals surface area contributed by atoms with Crippen molar-refractivity contribution in [1.29, 1.82) is 0 Å². The van der Waals surface area contributed by atoms with Gasteiger partial charge in [0.2, 0.25) is 0 Å². The highest BCUT2D eigenvalue weighted by Gasteiger charge is 2.22. The molecule has 0 fully saturated rings. The number of rotatable bonds is 6. The molecular weight excluding hydrogens is 364 g/mol. The highest BCUT2D eigenvalue weighted by atomic mass is 35.5. The maximum absolute atomic E-state index is 12.1. The van der Waals surface area contributed by atoms with Crippen molar-refractivity contribution in [2.75, 3.05) is 19.0 Å². The van der Waals surface area contributed by atoms with Crippen LogP contribution < -0.4 is 10.1 Å². The molecule has 0 aromatic heterocycles. The Morgan fingerprint density at radius 2 is 1.96 bits per heavy atom. The van der Waals surface area contributed by atoms with Crippen LogP contribution in [0.5, 0.6) is 5.75 Å². The summed E-state index contributed by atoms with van der Waals surface area (Å²) in [5, 5.41) is 13.7. The van der Waals surface area contributed by atoms with Crippen LogP contribution in [0, 0.1) is 17.0 Å². The van der Waals surface area contributed by atoms with Crippen LogP contribution in [0.1, 0.15) is 15.9 Å². The van der Waals surface area contributed by atoms with Crippen LogP contribution in [-0.2, 0) is 9.53 Å². The SMILES string of the molecule is COc1ccc(C)cc1NC(=O)COC(=O)c1cc(Cl)ccc1[N+](=O)[O-]. The van der Waals surface area contributed by atoms with E-state index < -0.39 is 29.1 Å². The number of amides is 1. The number of nitro benzene ring substituents is 1. The van der Waals surface area contributed by atoms with Crippen molar-refractivity contribution >= 4 is 34.9 Å². The van der Waals surface area contributed by atoms with Gasteiger partial charge in [-0.1, -0.05) is 17.7 Å². The monoisotopic (exact) mass is 378 g/mol. The number of benzene rings is 2. The number of nitrogens with one attached hydrogen (secondary N) is 1. The van der Waals surface area contributed by atoms with Gasteiger partial charge in [-0.25, -0.2) is 4.79 Å². The summed E-state index contributed by atoms with van der Waals surface area (Å²) in [4.78, 5) is 34.3. The van der Waals surface area contributed by atoms with Crippen molar-refractivity contribution in [3.8, 4) is 5.75 Å². The molecule has 0 spiro atoms. The summed E-state index contributed by atoms with van der Waals surface area (Å²) in [5.41, 5.74) is 0.526. The van der Waals surface area contributed by atoms with E-state index in [9.17, 15) is 19.7 Å². The summed E-state index contributed by atoms with van der Waals surface area (Å²) >= 11 is 5.76. The highest BCUT2D eigenvalue weighted by Crippen LogP contribution is 2.25. The molecule has 0 unspecified atom stereocenters. The zero-order chi connectivity index (χ0) is 19.3. The van der Waals surface area contributed by atoms with E-state index in [0.717, 1.165) is 17.7 Å². The van der Waals surface area contributed by atoms with Gasteiger partial charge in [-0.3, -0.25) is 14.9 Å². The van der Waals surface area contributed by atoms with Crippen LogP contribution in [0.15, 0.2) is 36.4 Å². The topological polar surface area (TPSA) is 108 Å². The molecule has 0 saturated carbocycles. The van der Waals surface area contributed by atoms with Gasteiger partial charge in [0.05, 0.1) is 17.7 Å².